The van der Waals surface area contributed by atoms with Crippen molar-refractivity contribution in [3.8, 4) is 0 Å². The van der Waals surface area contributed by atoms with Crippen molar-refractivity contribution in [3.63, 3.8) is 0 Å². The Morgan fingerprint density at radius 1 is 1.27 bits per heavy atom. The van der Waals surface area contributed by atoms with E-state index in [0.29, 0.717) is 12.8 Å². The van der Waals surface area contributed by atoms with E-state index in [4.69, 9.17) is 0 Å². The average molecular weight is 247 g/mol. The lowest BCUT2D eigenvalue weighted by Gasteiger charge is -2.08. The second kappa shape index (κ2) is 5.34. The third-order valence-corrected chi connectivity index (χ3v) is 2.67. The molecule has 0 aliphatic carbocycles. The highest BCUT2D eigenvalue weighted by Crippen LogP contribution is 2.21. The molecule has 0 aromatic carbocycles. The van der Waals surface area contributed by atoms with Crippen LogP contribution in [0.5, 0.6) is 0 Å². The summed E-state index contributed by atoms with van der Waals surface area (Å²) in [5.74, 6) is -1.12. The Morgan fingerprint density at radius 3 is 2.20 bits per heavy atom. The molecule has 0 rings (SSSR count). The number of amides is 1. The van der Waals surface area contributed by atoms with E-state index < -0.39 is 21.4 Å². The van der Waals surface area contributed by atoms with Crippen LogP contribution in [0.3, 0.4) is 0 Å². The van der Waals surface area contributed by atoms with Gasteiger partial charge in [-0.25, -0.2) is 4.72 Å². The van der Waals surface area contributed by atoms with Crippen LogP contribution < -0.4 is 4.72 Å². The van der Waals surface area contributed by atoms with Gasteiger partial charge in [0, 0.05) is 6.42 Å². The van der Waals surface area contributed by atoms with Crippen LogP contribution in [0.15, 0.2) is 0 Å². The molecule has 1 N–H and O–H groups in total. The number of hydrogen-bond donors (Lipinski definition) is 1. The molecule has 0 heterocycles. The van der Waals surface area contributed by atoms with Gasteiger partial charge in [-0.2, -0.15) is 21.6 Å². The first-order valence-corrected chi connectivity index (χ1v) is 5.81. The van der Waals surface area contributed by atoms with Crippen molar-refractivity contribution in [1.82, 2.24) is 4.72 Å². The summed E-state index contributed by atoms with van der Waals surface area (Å²) in [4.78, 5) is 10.8. The summed E-state index contributed by atoms with van der Waals surface area (Å²) in [5, 5.41) is 0. The quantitative estimate of drug-likeness (QED) is 0.749. The number of halogens is 3. The maximum atomic E-state index is 11.8. The van der Waals surface area contributed by atoms with Crippen LogP contribution in [-0.4, -0.2) is 19.8 Å². The minimum atomic E-state index is -5.53. The van der Waals surface area contributed by atoms with Gasteiger partial charge in [-0.05, 0) is 6.42 Å². The summed E-state index contributed by atoms with van der Waals surface area (Å²) in [7, 11) is -5.53. The van der Waals surface area contributed by atoms with Gasteiger partial charge in [-0.15, -0.1) is 0 Å². The SMILES string of the molecule is CCCCCC(=O)NS(=O)(=O)C(F)(F)F. The summed E-state index contributed by atoms with van der Waals surface area (Å²) in [5.41, 5.74) is -5.44. The third-order valence-electron chi connectivity index (χ3n) is 1.56. The van der Waals surface area contributed by atoms with Gasteiger partial charge in [-0.3, -0.25) is 4.79 Å². The third kappa shape index (κ3) is 5.01. The van der Waals surface area contributed by atoms with E-state index in [2.05, 4.69) is 0 Å². The van der Waals surface area contributed by atoms with Gasteiger partial charge in [0.15, 0.2) is 0 Å². The van der Waals surface area contributed by atoms with Crippen molar-refractivity contribution in [2.45, 2.75) is 38.1 Å². The second-order valence-electron chi connectivity index (χ2n) is 2.93. The van der Waals surface area contributed by atoms with E-state index >= 15 is 0 Å². The van der Waals surface area contributed by atoms with Crippen LogP contribution in [0, 0.1) is 0 Å². The van der Waals surface area contributed by atoms with Crippen molar-refractivity contribution >= 4 is 15.9 Å². The summed E-state index contributed by atoms with van der Waals surface area (Å²) in [6, 6.07) is 0. The van der Waals surface area contributed by atoms with Crippen molar-refractivity contribution < 1.29 is 26.4 Å². The average Bonchev–Trinajstić information content (AvgIpc) is 2.01. The maximum Gasteiger partial charge on any atom is 0.516 e. The molecule has 0 fully saturated rings. The van der Waals surface area contributed by atoms with Gasteiger partial charge in [0.1, 0.15) is 0 Å². The predicted molar refractivity (Wildman–Crippen MR) is 47.3 cm³/mol. The van der Waals surface area contributed by atoms with E-state index in [-0.39, 0.29) is 6.42 Å². The fourth-order valence-corrected chi connectivity index (χ4v) is 1.31. The van der Waals surface area contributed by atoms with Crippen molar-refractivity contribution in [2.75, 3.05) is 0 Å². The first kappa shape index (κ1) is 14.2. The fourth-order valence-electron chi connectivity index (χ4n) is 0.794. The van der Waals surface area contributed by atoms with Crippen LogP contribution in [0.1, 0.15) is 32.6 Å². The van der Waals surface area contributed by atoms with Gasteiger partial charge in [-0.1, -0.05) is 19.8 Å². The monoisotopic (exact) mass is 247 g/mol. The van der Waals surface area contributed by atoms with Crippen LogP contribution >= 0.6 is 0 Å². The molecule has 0 atom stereocenters. The summed E-state index contributed by atoms with van der Waals surface area (Å²) in [6.07, 6.45) is 1.61. The molecule has 15 heavy (non-hydrogen) atoms. The Hall–Kier alpha value is -0.790. The van der Waals surface area contributed by atoms with Gasteiger partial charge in [0.05, 0.1) is 0 Å². The van der Waals surface area contributed by atoms with Gasteiger partial charge in [0.2, 0.25) is 5.91 Å². The lowest BCUT2D eigenvalue weighted by molar-refractivity contribution is -0.120. The first-order valence-electron chi connectivity index (χ1n) is 4.32. The number of nitrogens with one attached hydrogen (secondary N) is 1. The Morgan fingerprint density at radius 2 is 1.80 bits per heavy atom. The van der Waals surface area contributed by atoms with E-state index in [0.717, 1.165) is 11.1 Å². The van der Waals surface area contributed by atoms with E-state index in [1.165, 1.54) is 0 Å². The lowest BCUT2D eigenvalue weighted by Crippen LogP contribution is -2.40. The number of sulfonamides is 1. The Labute approximate surface area is 85.9 Å². The fraction of sp³-hybridized carbons (Fsp3) is 0.857. The molecule has 0 saturated carbocycles. The van der Waals surface area contributed by atoms with Crippen LogP contribution in [0.4, 0.5) is 13.2 Å². The summed E-state index contributed by atoms with van der Waals surface area (Å²) in [6.45, 7) is 1.85. The molecular formula is C7H12F3NO3S. The Kier molecular flexibility index (Phi) is 5.06. The molecular weight excluding hydrogens is 235 g/mol. The van der Waals surface area contributed by atoms with Crippen LogP contribution in [0.2, 0.25) is 0 Å². The molecule has 0 aromatic heterocycles. The molecule has 0 radical (unpaired) electrons. The molecule has 0 aromatic rings. The van der Waals surface area contributed by atoms with Crippen LogP contribution in [0.25, 0.3) is 0 Å². The smallest absolute Gasteiger partial charge is 0.274 e. The number of hydrogen-bond acceptors (Lipinski definition) is 3. The Bertz CT molecular complexity index is 310. The zero-order valence-corrected chi connectivity index (χ0v) is 8.91. The number of carbonyl (C=O) groups excluding carboxylic acids is 1. The summed E-state index contributed by atoms with van der Waals surface area (Å²) >= 11 is 0. The normalized spacial score (nSPS) is 12.5. The lowest BCUT2D eigenvalue weighted by atomic mass is 10.2. The number of alkyl halides is 3. The first-order chi connectivity index (χ1) is 6.70. The zero-order chi connectivity index (χ0) is 12.1. The molecule has 1 amide bonds. The van der Waals surface area contributed by atoms with Gasteiger partial charge in [0.25, 0.3) is 0 Å². The molecule has 0 saturated heterocycles. The highest BCUT2D eigenvalue weighted by Gasteiger charge is 2.46. The van der Waals surface area contributed by atoms with E-state index in [1.54, 1.807) is 0 Å². The minimum Gasteiger partial charge on any atom is -0.274 e. The molecule has 0 bridgehead atoms. The summed E-state index contributed by atoms with van der Waals surface area (Å²) < 4.78 is 57.2. The highest BCUT2D eigenvalue weighted by atomic mass is 32.2. The molecule has 0 aliphatic rings. The second-order valence-corrected chi connectivity index (χ2v) is 4.61. The molecule has 90 valence electrons. The van der Waals surface area contributed by atoms with E-state index in [1.807, 2.05) is 6.92 Å². The molecule has 0 spiro atoms. The van der Waals surface area contributed by atoms with Crippen molar-refractivity contribution in [2.24, 2.45) is 0 Å². The zero-order valence-electron chi connectivity index (χ0n) is 8.10. The number of carbonyl (C=O) groups is 1. The van der Waals surface area contributed by atoms with Crippen LogP contribution in [-0.2, 0) is 14.8 Å². The number of unbranched alkanes of at least 4 members (excludes halogenated alkanes) is 2. The standard InChI is InChI=1S/C7H12F3NO3S/c1-2-3-4-5-6(12)11-15(13,14)7(8,9)10/h2-5H2,1H3,(H,11,12). The maximum absolute atomic E-state index is 11.8. The predicted octanol–water partition coefficient (Wildman–Crippen LogP) is 1.53. The van der Waals surface area contributed by atoms with Gasteiger partial charge < -0.3 is 0 Å². The molecule has 4 nitrogen and oxygen atoms in total. The molecule has 0 aliphatic heterocycles. The highest BCUT2D eigenvalue weighted by molar-refractivity contribution is 7.90. The largest absolute Gasteiger partial charge is 0.516 e. The topological polar surface area (TPSA) is 63.2 Å². The number of rotatable bonds is 5. The molecule has 0 unspecified atom stereocenters. The van der Waals surface area contributed by atoms with E-state index in [9.17, 15) is 26.4 Å². The molecule has 8 heteroatoms. The van der Waals surface area contributed by atoms with Crippen molar-refractivity contribution in [3.05, 3.63) is 0 Å². The Balaban J connectivity index is 4.19. The minimum absolute atomic E-state index is 0.219. The van der Waals surface area contributed by atoms with Gasteiger partial charge >= 0.3 is 15.5 Å². The van der Waals surface area contributed by atoms with Crippen molar-refractivity contribution in [1.29, 1.82) is 0 Å².